The molecule has 1 rings (SSSR count). The van der Waals surface area contributed by atoms with Crippen LogP contribution in [0.4, 0.5) is 0 Å². The summed E-state index contributed by atoms with van der Waals surface area (Å²) in [4.78, 5) is 0. The van der Waals surface area contributed by atoms with Gasteiger partial charge in [0, 0.05) is 0 Å². The molecule has 1 radical (unpaired) electrons. The van der Waals surface area contributed by atoms with Gasteiger partial charge in [-0.25, -0.2) is 0 Å². The van der Waals surface area contributed by atoms with Gasteiger partial charge in [0.05, 0.1) is 0 Å². The van der Waals surface area contributed by atoms with Crippen LogP contribution in [0.25, 0.3) is 0 Å². The first-order chi connectivity index (χ1) is 6.84. The fraction of sp³-hybridized carbons (Fsp3) is 0.385. The van der Waals surface area contributed by atoms with E-state index in [-0.39, 0.29) is 0 Å². The van der Waals surface area contributed by atoms with Gasteiger partial charge in [-0.3, -0.25) is 0 Å². The molecule has 0 unspecified atom stereocenters. The van der Waals surface area contributed by atoms with Gasteiger partial charge in [0.2, 0.25) is 0 Å². The van der Waals surface area contributed by atoms with Crippen LogP contribution in [0.1, 0.15) is 26.2 Å². The first-order valence-electron chi connectivity index (χ1n) is 5.40. The summed E-state index contributed by atoms with van der Waals surface area (Å²) in [6.45, 7) is 4.59. The van der Waals surface area contributed by atoms with Crippen LogP contribution in [0.5, 0.6) is 0 Å². The molecular weight excluding hydrogens is 184 g/mol. The van der Waals surface area contributed by atoms with E-state index in [0.29, 0.717) is 0 Å². The fourth-order valence-electron chi connectivity index (χ4n) is 1.38. The normalized spacial score (nSPS) is 11.4. The van der Waals surface area contributed by atoms with Gasteiger partial charge in [-0.15, -0.1) is 0 Å². The Kier molecular flexibility index (Phi) is 5.31. The molecule has 0 saturated carbocycles. The third-order valence-corrected chi connectivity index (χ3v) is 4.30. The maximum absolute atomic E-state index is 2.41. The Morgan fingerprint density at radius 3 is 2.57 bits per heavy atom. The second-order valence-electron chi connectivity index (χ2n) is 3.59. The predicted octanol–water partition coefficient (Wildman–Crippen LogP) is 3.30. The molecule has 0 N–H and O–H groups in total. The highest BCUT2D eigenvalue weighted by molar-refractivity contribution is 6.76. The van der Waals surface area contributed by atoms with Crippen LogP contribution in [0.3, 0.4) is 0 Å². The molecular formula is C13H19Si. The van der Waals surface area contributed by atoms with Gasteiger partial charge in [-0.1, -0.05) is 73.6 Å². The minimum Gasteiger partial charge on any atom is -0.0957 e. The highest BCUT2D eigenvalue weighted by Gasteiger charge is 2.00. The zero-order chi connectivity index (χ0) is 10.2. The SMILES string of the molecule is CCCCC=C[Si](C)c1ccccc1. The summed E-state index contributed by atoms with van der Waals surface area (Å²) in [5.74, 6) is 0. The molecule has 0 heterocycles. The molecule has 0 aliphatic heterocycles. The predicted molar refractivity (Wildman–Crippen MR) is 66.4 cm³/mol. The zero-order valence-electron chi connectivity index (χ0n) is 9.16. The van der Waals surface area contributed by atoms with Gasteiger partial charge in [-0.2, -0.15) is 0 Å². The Labute approximate surface area is 89.3 Å². The topological polar surface area (TPSA) is 0 Å². The summed E-state index contributed by atoms with van der Waals surface area (Å²) in [7, 11) is -0.428. The smallest absolute Gasteiger partial charge is 0.0957 e. The van der Waals surface area contributed by atoms with E-state index in [1.807, 2.05) is 0 Å². The molecule has 0 aromatic heterocycles. The summed E-state index contributed by atoms with van der Waals surface area (Å²) in [5, 5.41) is 1.50. The number of benzene rings is 1. The van der Waals surface area contributed by atoms with Crippen molar-refractivity contribution in [2.24, 2.45) is 0 Å². The van der Waals surface area contributed by atoms with E-state index in [9.17, 15) is 0 Å². The van der Waals surface area contributed by atoms with Crippen molar-refractivity contribution < 1.29 is 0 Å². The van der Waals surface area contributed by atoms with Crippen molar-refractivity contribution in [1.82, 2.24) is 0 Å². The van der Waals surface area contributed by atoms with E-state index in [2.05, 4.69) is 55.6 Å². The van der Waals surface area contributed by atoms with E-state index in [1.165, 1.54) is 24.4 Å². The molecule has 14 heavy (non-hydrogen) atoms. The summed E-state index contributed by atoms with van der Waals surface area (Å²) in [6, 6.07) is 10.8. The number of allylic oxidation sites excluding steroid dienone is 1. The Balaban J connectivity index is 2.42. The van der Waals surface area contributed by atoms with E-state index in [0.717, 1.165) is 0 Å². The van der Waals surface area contributed by atoms with Crippen LogP contribution >= 0.6 is 0 Å². The van der Waals surface area contributed by atoms with E-state index < -0.39 is 8.80 Å². The van der Waals surface area contributed by atoms with Crippen LogP contribution < -0.4 is 5.19 Å². The molecule has 0 spiro atoms. The molecule has 0 aliphatic carbocycles. The van der Waals surface area contributed by atoms with Crippen LogP contribution in [0.2, 0.25) is 6.55 Å². The van der Waals surface area contributed by atoms with Crippen molar-refractivity contribution in [3.8, 4) is 0 Å². The molecule has 0 saturated heterocycles. The quantitative estimate of drug-likeness (QED) is 0.509. The Morgan fingerprint density at radius 1 is 1.21 bits per heavy atom. The summed E-state index contributed by atoms with van der Waals surface area (Å²) in [5.41, 5.74) is 2.41. The number of rotatable bonds is 5. The maximum atomic E-state index is 2.41. The van der Waals surface area contributed by atoms with E-state index >= 15 is 0 Å². The number of hydrogen-bond donors (Lipinski definition) is 0. The zero-order valence-corrected chi connectivity index (χ0v) is 10.2. The lowest BCUT2D eigenvalue weighted by Crippen LogP contribution is -2.23. The van der Waals surface area contributed by atoms with Crippen molar-refractivity contribution in [2.45, 2.75) is 32.7 Å². The van der Waals surface area contributed by atoms with E-state index in [4.69, 9.17) is 0 Å². The molecule has 0 aliphatic rings. The van der Waals surface area contributed by atoms with Gasteiger partial charge in [0.25, 0.3) is 0 Å². The van der Waals surface area contributed by atoms with Gasteiger partial charge >= 0.3 is 0 Å². The third kappa shape index (κ3) is 3.92. The Morgan fingerprint density at radius 2 is 1.93 bits per heavy atom. The van der Waals surface area contributed by atoms with E-state index in [1.54, 1.807) is 0 Å². The second-order valence-corrected chi connectivity index (χ2v) is 5.87. The van der Waals surface area contributed by atoms with Crippen molar-refractivity contribution in [3.05, 3.63) is 42.1 Å². The minimum absolute atomic E-state index is 0.428. The first kappa shape index (κ1) is 11.3. The Bertz CT molecular complexity index is 264. The van der Waals surface area contributed by atoms with Crippen molar-refractivity contribution in [3.63, 3.8) is 0 Å². The molecule has 0 bridgehead atoms. The molecule has 0 amide bonds. The standard InChI is InChI=1S/C13H19Si/c1-3-4-5-9-12-14(2)13-10-7-6-8-11-13/h6-12H,3-5H2,1-2H3. The number of hydrogen-bond acceptors (Lipinski definition) is 0. The molecule has 75 valence electrons. The average molecular weight is 203 g/mol. The van der Waals surface area contributed by atoms with Crippen LogP contribution in [-0.2, 0) is 0 Å². The largest absolute Gasteiger partial charge is 0.109 e. The average Bonchev–Trinajstić information content (AvgIpc) is 2.25. The Hall–Kier alpha value is -0.823. The number of unbranched alkanes of at least 4 members (excludes halogenated alkanes) is 2. The summed E-state index contributed by atoms with van der Waals surface area (Å²) in [6.07, 6.45) is 6.21. The molecule has 1 aromatic rings. The second kappa shape index (κ2) is 6.60. The monoisotopic (exact) mass is 203 g/mol. The molecule has 0 atom stereocenters. The highest BCUT2D eigenvalue weighted by Crippen LogP contribution is 1.97. The van der Waals surface area contributed by atoms with Gasteiger partial charge in [-0.05, 0) is 6.42 Å². The van der Waals surface area contributed by atoms with Crippen molar-refractivity contribution in [2.75, 3.05) is 0 Å². The summed E-state index contributed by atoms with van der Waals surface area (Å²) >= 11 is 0. The molecule has 1 aromatic carbocycles. The lowest BCUT2D eigenvalue weighted by atomic mass is 10.2. The first-order valence-corrected chi connectivity index (χ1v) is 7.48. The summed E-state index contributed by atoms with van der Waals surface area (Å²) < 4.78 is 0. The fourth-order valence-corrected chi connectivity index (χ4v) is 2.81. The molecule has 0 nitrogen and oxygen atoms in total. The van der Waals surface area contributed by atoms with Crippen LogP contribution in [0.15, 0.2) is 42.1 Å². The highest BCUT2D eigenvalue weighted by atomic mass is 28.3. The van der Waals surface area contributed by atoms with Crippen LogP contribution in [-0.4, -0.2) is 8.80 Å². The maximum Gasteiger partial charge on any atom is 0.109 e. The molecule has 0 fully saturated rings. The molecule has 1 heteroatoms. The van der Waals surface area contributed by atoms with Gasteiger partial charge in [0.1, 0.15) is 8.80 Å². The lowest BCUT2D eigenvalue weighted by molar-refractivity contribution is 0.815. The third-order valence-electron chi connectivity index (χ3n) is 2.32. The lowest BCUT2D eigenvalue weighted by Gasteiger charge is -2.03. The van der Waals surface area contributed by atoms with Crippen molar-refractivity contribution >= 4 is 14.0 Å². The minimum atomic E-state index is -0.428. The van der Waals surface area contributed by atoms with Gasteiger partial charge in [0.15, 0.2) is 0 Å². The van der Waals surface area contributed by atoms with Crippen LogP contribution in [0, 0.1) is 0 Å². The van der Waals surface area contributed by atoms with Gasteiger partial charge < -0.3 is 0 Å². The van der Waals surface area contributed by atoms with Crippen molar-refractivity contribution in [1.29, 1.82) is 0 Å².